The van der Waals surface area contributed by atoms with Crippen LogP contribution in [0.3, 0.4) is 0 Å². The lowest BCUT2D eigenvalue weighted by Gasteiger charge is -2.31. The van der Waals surface area contributed by atoms with Crippen LogP contribution in [0, 0.1) is 5.41 Å². The highest BCUT2D eigenvalue weighted by atomic mass is 15.2. The van der Waals surface area contributed by atoms with Crippen molar-refractivity contribution in [3.63, 3.8) is 0 Å². The molecule has 1 saturated heterocycles. The zero-order valence-electron chi connectivity index (χ0n) is 11.5. The Morgan fingerprint density at radius 3 is 2.69 bits per heavy atom. The quantitative estimate of drug-likeness (QED) is 0.693. The molecule has 1 aliphatic heterocycles. The standard InChI is InChI=1S/C13H29N3/c1-13(2,3)6-8-14-7-5-12-11-16(4)10-9-15-12/h12,14-15H,5-11H2,1-4H3. The molecule has 1 fully saturated rings. The van der Waals surface area contributed by atoms with Gasteiger partial charge in [-0.2, -0.15) is 0 Å². The van der Waals surface area contributed by atoms with Crippen LogP contribution in [-0.4, -0.2) is 50.7 Å². The topological polar surface area (TPSA) is 27.3 Å². The van der Waals surface area contributed by atoms with E-state index in [1.807, 2.05) is 0 Å². The van der Waals surface area contributed by atoms with E-state index >= 15 is 0 Å². The highest BCUT2D eigenvalue weighted by Gasteiger charge is 2.15. The van der Waals surface area contributed by atoms with Crippen LogP contribution in [0.2, 0.25) is 0 Å². The summed E-state index contributed by atoms with van der Waals surface area (Å²) in [5, 5.41) is 7.12. The van der Waals surface area contributed by atoms with Gasteiger partial charge in [0.05, 0.1) is 0 Å². The molecule has 0 saturated carbocycles. The van der Waals surface area contributed by atoms with Crippen molar-refractivity contribution in [2.75, 3.05) is 39.8 Å². The van der Waals surface area contributed by atoms with E-state index in [1.165, 1.54) is 25.9 Å². The van der Waals surface area contributed by atoms with E-state index in [0.29, 0.717) is 11.5 Å². The summed E-state index contributed by atoms with van der Waals surface area (Å²) >= 11 is 0. The molecule has 0 bridgehead atoms. The first kappa shape index (κ1) is 13.9. The normalized spacial score (nSPS) is 23.6. The fraction of sp³-hybridized carbons (Fsp3) is 1.00. The molecule has 16 heavy (non-hydrogen) atoms. The van der Waals surface area contributed by atoms with Crippen LogP contribution >= 0.6 is 0 Å². The average Bonchev–Trinajstić information content (AvgIpc) is 2.15. The van der Waals surface area contributed by atoms with Gasteiger partial charge in [0, 0.05) is 25.7 Å². The Hall–Kier alpha value is -0.120. The third kappa shape index (κ3) is 6.46. The Morgan fingerprint density at radius 1 is 1.31 bits per heavy atom. The van der Waals surface area contributed by atoms with Crippen molar-refractivity contribution in [1.82, 2.24) is 15.5 Å². The third-order valence-corrected chi connectivity index (χ3v) is 3.18. The molecule has 96 valence electrons. The molecule has 0 radical (unpaired) electrons. The molecule has 0 aromatic heterocycles. The molecule has 1 unspecified atom stereocenters. The molecule has 0 aromatic rings. The van der Waals surface area contributed by atoms with Crippen molar-refractivity contribution in [3.05, 3.63) is 0 Å². The number of likely N-dealkylation sites (N-methyl/N-ethyl adjacent to an activating group) is 1. The summed E-state index contributed by atoms with van der Waals surface area (Å²) in [6.45, 7) is 12.7. The summed E-state index contributed by atoms with van der Waals surface area (Å²) in [6, 6.07) is 0.681. The average molecular weight is 227 g/mol. The van der Waals surface area contributed by atoms with Crippen LogP contribution in [0.5, 0.6) is 0 Å². The van der Waals surface area contributed by atoms with Crippen LogP contribution in [0.1, 0.15) is 33.6 Å². The van der Waals surface area contributed by atoms with Crippen LogP contribution < -0.4 is 10.6 Å². The Morgan fingerprint density at radius 2 is 2.06 bits per heavy atom. The van der Waals surface area contributed by atoms with Crippen LogP contribution in [0.15, 0.2) is 0 Å². The van der Waals surface area contributed by atoms with E-state index in [2.05, 4.69) is 43.4 Å². The van der Waals surface area contributed by atoms with Gasteiger partial charge in [-0.05, 0) is 38.4 Å². The lowest BCUT2D eigenvalue weighted by atomic mass is 9.92. The Bertz CT molecular complexity index is 186. The Balaban J connectivity index is 1.98. The van der Waals surface area contributed by atoms with E-state index in [9.17, 15) is 0 Å². The van der Waals surface area contributed by atoms with E-state index in [4.69, 9.17) is 0 Å². The van der Waals surface area contributed by atoms with Crippen LogP contribution in [0.4, 0.5) is 0 Å². The molecule has 3 nitrogen and oxygen atoms in total. The highest BCUT2D eigenvalue weighted by molar-refractivity contribution is 4.77. The third-order valence-electron chi connectivity index (χ3n) is 3.18. The number of rotatable bonds is 5. The van der Waals surface area contributed by atoms with Crippen molar-refractivity contribution < 1.29 is 0 Å². The highest BCUT2D eigenvalue weighted by Crippen LogP contribution is 2.16. The minimum absolute atomic E-state index is 0.455. The van der Waals surface area contributed by atoms with Crippen molar-refractivity contribution in [1.29, 1.82) is 0 Å². The molecule has 1 atom stereocenters. The molecule has 1 rings (SSSR count). The molecule has 1 aliphatic rings. The molecule has 2 N–H and O–H groups in total. The van der Waals surface area contributed by atoms with Gasteiger partial charge in [0.15, 0.2) is 0 Å². The molecular weight excluding hydrogens is 198 g/mol. The molecule has 1 heterocycles. The number of hydrogen-bond acceptors (Lipinski definition) is 3. The Labute approximate surface area is 101 Å². The second-order valence-electron chi connectivity index (χ2n) is 6.26. The van der Waals surface area contributed by atoms with Crippen LogP contribution in [-0.2, 0) is 0 Å². The zero-order chi connectivity index (χ0) is 12.0. The first-order valence-electron chi connectivity index (χ1n) is 6.60. The molecule has 0 aliphatic carbocycles. The minimum Gasteiger partial charge on any atom is -0.317 e. The number of nitrogens with one attached hydrogen (secondary N) is 2. The van der Waals surface area contributed by atoms with E-state index in [-0.39, 0.29) is 0 Å². The monoisotopic (exact) mass is 227 g/mol. The van der Waals surface area contributed by atoms with Gasteiger partial charge in [-0.15, -0.1) is 0 Å². The maximum absolute atomic E-state index is 3.57. The fourth-order valence-electron chi connectivity index (χ4n) is 2.05. The summed E-state index contributed by atoms with van der Waals surface area (Å²) < 4.78 is 0. The van der Waals surface area contributed by atoms with E-state index < -0.39 is 0 Å². The number of nitrogens with zero attached hydrogens (tertiary/aromatic N) is 1. The predicted molar refractivity (Wildman–Crippen MR) is 70.8 cm³/mol. The molecule has 3 heteroatoms. The Kier molecular flexibility index (Phi) is 5.73. The summed E-state index contributed by atoms with van der Waals surface area (Å²) in [4.78, 5) is 2.41. The molecular formula is C13H29N3. The van der Waals surface area contributed by atoms with Gasteiger partial charge in [-0.3, -0.25) is 0 Å². The predicted octanol–water partition coefficient (Wildman–Crippen LogP) is 1.31. The van der Waals surface area contributed by atoms with Crippen molar-refractivity contribution in [2.24, 2.45) is 5.41 Å². The first-order valence-corrected chi connectivity index (χ1v) is 6.60. The number of piperazine rings is 1. The first-order chi connectivity index (χ1) is 7.47. The molecule has 0 spiro atoms. The smallest absolute Gasteiger partial charge is 0.0207 e. The van der Waals surface area contributed by atoms with Gasteiger partial charge in [-0.1, -0.05) is 20.8 Å². The van der Waals surface area contributed by atoms with Crippen molar-refractivity contribution in [2.45, 2.75) is 39.7 Å². The molecule has 0 amide bonds. The maximum Gasteiger partial charge on any atom is 0.0207 e. The fourth-order valence-corrected chi connectivity index (χ4v) is 2.05. The van der Waals surface area contributed by atoms with Crippen LogP contribution in [0.25, 0.3) is 0 Å². The minimum atomic E-state index is 0.455. The summed E-state index contributed by atoms with van der Waals surface area (Å²) in [5.41, 5.74) is 0.455. The van der Waals surface area contributed by atoms with E-state index in [0.717, 1.165) is 19.6 Å². The summed E-state index contributed by atoms with van der Waals surface area (Å²) in [6.07, 6.45) is 2.50. The SMILES string of the molecule is CN1CCNC(CCNCCC(C)(C)C)C1. The summed E-state index contributed by atoms with van der Waals surface area (Å²) in [5.74, 6) is 0. The van der Waals surface area contributed by atoms with Gasteiger partial charge in [0.25, 0.3) is 0 Å². The number of hydrogen-bond donors (Lipinski definition) is 2. The van der Waals surface area contributed by atoms with Gasteiger partial charge < -0.3 is 15.5 Å². The van der Waals surface area contributed by atoms with E-state index in [1.54, 1.807) is 0 Å². The van der Waals surface area contributed by atoms with Gasteiger partial charge in [0.1, 0.15) is 0 Å². The summed E-state index contributed by atoms with van der Waals surface area (Å²) in [7, 11) is 2.21. The van der Waals surface area contributed by atoms with Crippen molar-refractivity contribution in [3.8, 4) is 0 Å². The lowest BCUT2D eigenvalue weighted by molar-refractivity contribution is 0.230. The second kappa shape index (κ2) is 6.58. The van der Waals surface area contributed by atoms with Gasteiger partial charge in [0.2, 0.25) is 0 Å². The molecule has 0 aromatic carbocycles. The maximum atomic E-state index is 3.57. The van der Waals surface area contributed by atoms with Gasteiger partial charge in [-0.25, -0.2) is 0 Å². The second-order valence-corrected chi connectivity index (χ2v) is 6.26. The van der Waals surface area contributed by atoms with Gasteiger partial charge >= 0.3 is 0 Å². The van der Waals surface area contributed by atoms with Crippen molar-refractivity contribution >= 4 is 0 Å². The lowest BCUT2D eigenvalue weighted by Crippen LogP contribution is -2.49. The largest absolute Gasteiger partial charge is 0.317 e. The zero-order valence-corrected chi connectivity index (χ0v) is 11.5.